The summed E-state index contributed by atoms with van der Waals surface area (Å²) in [6.45, 7) is 5.53. The number of phenols is 1. The van der Waals surface area contributed by atoms with Crippen LogP contribution in [0.5, 0.6) is 5.75 Å². The smallest absolute Gasteiger partial charge is 0.411 e. The monoisotopic (exact) mass is 679 g/mol. The number of carbonyl (C=O) groups excluding carboxylic acids is 2. The molecule has 5 aromatic rings. The van der Waals surface area contributed by atoms with Crippen LogP contribution >= 0.6 is 11.3 Å². The number of thiazole rings is 1. The van der Waals surface area contributed by atoms with Gasteiger partial charge in [-0.2, -0.15) is 0 Å². The van der Waals surface area contributed by atoms with Crippen LogP contribution in [-0.2, 0) is 22.5 Å². The summed E-state index contributed by atoms with van der Waals surface area (Å²) >= 11 is 1.11. The maximum Gasteiger partial charge on any atom is 0.411 e. The maximum atomic E-state index is 12.8. The van der Waals surface area contributed by atoms with Crippen molar-refractivity contribution in [2.24, 2.45) is 0 Å². The minimum absolute atomic E-state index is 0.0314. The number of nitrogens with zero attached hydrogens (tertiary/aromatic N) is 1. The molecule has 11 heteroatoms. The molecule has 1 aromatic heterocycles. The van der Waals surface area contributed by atoms with Crippen molar-refractivity contribution in [3.63, 3.8) is 0 Å². The van der Waals surface area contributed by atoms with E-state index in [-0.39, 0.29) is 22.6 Å². The first-order valence-corrected chi connectivity index (χ1v) is 17.4. The Morgan fingerprint density at radius 1 is 0.959 bits per heavy atom. The molecule has 10 nitrogen and oxygen atoms in total. The zero-order valence-corrected chi connectivity index (χ0v) is 28.3. The van der Waals surface area contributed by atoms with Gasteiger partial charge in [0.1, 0.15) is 17.4 Å². The molecule has 49 heavy (non-hydrogen) atoms. The zero-order chi connectivity index (χ0) is 34.2. The van der Waals surface area contributed by atoms with Crippen molar-refractivity contribution in [1.82, 2.24) is 15.2 Å². The number of nitrogens with one attached hydrogen (secondary N) is 4. The standard InChI is InChI=1S/C38H41N5O5S/c1-25-23-26(24-39-19-15-28-12-14-33(44)35-36(28)49-38(47)42-35)11-13-31(25)40-34(45)18-22-43-20-16-29(17-21-43)48-37(46)41-32-10-6-5-9-30(32)27-7-3-2-4-8-27/h2-14,23,29,39,44H,15-22,24H2,1H3,(H,40,45)(H,41,46)(H,42,47). The molecule has 6 rings (SSSR count). The van der Waals surface area contributed by atoms with Crippen molar-refractivity contribution in [2.45, 2.75) is 45.3 Å². The van der Waals surface area contributed by atoms with Gasteiger partial charge >= 0.3 is 11.0 Å². The minimum atomic E-state index is -0.453. The number of carbonyl (C=O) groups is 2. The first kappa shape index (κ1) is 33.9. The molecule has 0 saturated carbocycles. The van der Waals surface area contributed by atoms with Crippen molar-refractivity contribution < 1.29 is 19.4 Å². The summed E-state index contributed by atoms with van der Waals surface area (Å²) < 4.78 is 6.55. The number of H-pyrrole nitrogens is 1. The number of phenolic OH excluding ortho intramolecular Hbond substituents is 1. The van der Waals surface area contributed by atoms with Gasteiger partial charge in [-0.3, -0.25) is 14.9 Å². The Hall–Kier alpha value is -4.97. The molecule has 1 saturated heterocycles. The van der Waals surface area contributed by atoms with Crippen molar-refractivity contribution in [1.29, 1.82) is 0 Å². The summed E-state index contributed by atoms with van der Waals surface area (Å²) in [5.74, 6) is 0.0548. The second-order valence-corrected chi connectivity index (χ2v) is 13.3. The lowest BCUT2D eigenvalue weighted by molar-refractivity contribution is -0.116. The molecule has 254 valence electrons. The topological polar surface area (TPSA) is 136 Å². The number of para-hydroxylation sites is 1. The number of rotatable bonds is 12. The van der Waals surface area contributed by atoms with Crippen molar-refractivity contribution in [3.8, 4) is 16.9 Å². The van der Waals surface area contributed by atoms with E-state index in [2.05, 4.69) is 31.9 Å². The van der Waals surface area contributed by atoms with Gasteiger partial charge in [0.2, 0.25) is 5.91 Å². The third-order valence-electron chi connectivity index (χ3n) is 8.82. The number of hydrogen-bond acceptors (Lipinski definition) is 8. The van der Waals surface area contributed by atoms with Crippen LogP contribution in [0.4, 0.5) is 16.2 Å². The van der Waals surface area contributed by atoms with Crippen molar-refractivity contribution >= 4 is 44.9 Å². The molecule has 1 fully saturated rings. The molecule has 2 heterocycles. The van der Waals surface area contributed by atoms with Gasteiger partial charge in [0, 0.05) is 43.9 Å². The molecule has 5 N–H and O–H groups in total. The van der Waals surface area contributed by atoms with Crippen molar-refractivity contribution in [3.05, 3.63) is 111 Å². The Bertz CT molecular complexity index is 1970. The molecule has 0 atom stereocenters. The fraction of sp³-hybridized carbons (Fsp3) is 0.289. The summed E-state index contributed by atoms with van der Waals surface area (Å²) in [5.41, 5.74) is 7.09. The quantitative estimate of drug-likeness (QED) is 0.0933. The summed E-state index contributed by atoms with van der Waals surface area (Å²) in [6.07, 6.45) is 1.92. The highest BCUT2D eigenvalue weighted by Crippen LogP contribution is 2.29. The fourth-order valence-electron chi connectivity index (χ4n) is 6.18. The van der Waals surface area contributed by atoms with Crippen LogP contribution in [0.2, 0.25) is 0 Å². The number of benzene rings is 4. The Morgan fingerprint density at radius 2 is 1.73 bits per heavy atom. The van der Waals surface area contributed by atoms with Gasteiger partial charge in [0.15, 0.2) is 0 Å². The lowest BCUT2D eigenvalue weighted by Gasteiger charge is -2.31. The van der Waals surface area contributed by atoms with E-state index in [0.717, 1.165) is 81.9 Å². The normalized spacial score (nSPS) is 13.7. The first-order valence-electron chi connectivity index (χ1n) is 16.6. The zero-order valence-electron chi connectivity index (χ0n) is 27.5. The van der Waals surface area contributed by atoms with Gasteiger partial charge in [0.25, 0.3) is 0 Å². The molecule has 2 amide bonds. The number of anilines is 2. The molecule has 1 aliphatic heterocycles. The maximum absolute atomic E-state index is 12.8. The van der Waals surface area contributed by atoms with Crippen LogP contribution in [0, 0.1) is 6.92 Å². The predicted octanol–water partition coefficient (Wildman–Crippen LogP) is 6.64. The lowest BCUT2D eigenvalue weighted by atomic mass is 10.0. The molecule has 0 unspecified atom stereocenters. The van der Waals surface area contributed by atoms with Crippen molar-refractivity contribution in [2.75, 3.05) is 36.8 Å². The molecule has 0 bridgehead atoms. The van der Waals surface area contributed by atoms with Gasteiger partial charge in [-0.15, -0.1) is 0 Å². The number of aromatic nitrogens is 1. The second kappa shape index (κ2) is 16.0. The van der Waals surface area contributed by atoms with Crippen LogP contribution in [0.3, 0.4) is 0 Å². The van der Waals surface area contributed by atoms with Gasteiger partial charge in [-0.25, -0.2) is 4.79 Å². The average Bonchev–Trinajstić information content (AvgIpc) is 3.51. The Balaban J connectivity index is 0.891. The number of aromatic hydroxyl groups is 1. The van der Waals surface area contributed by atoms with Crippen LogP contribution in [0.1, 0.15) is 36.0 Å². The summed E-state index contributed by atoms with van der Waals surface area (Å²) in [4.78, 5) is 42.0. The Labute approximate surface area is 289 Å². The van der Waals surface area contributed by atoms with E-state index in [1.807, 2.05) is 79.7 Å². The molecule has 0 spiro atoms. The number of fused-ring (bicyclic) bond motifs is 1. The summed E-state index contributed by atoms with van der Waals surface area (Å²) in [7, 11) is 0. The highest BCUT2D eigenvalue weighted by Gasteiger charge is 2.23. The number of amides is 2. The second-order valence-electron chi connectivity index (χ2n) is 12.3. The molecular weight excluding hydrogens is 639 g/mol. The van der Waals surface area contributed by atoms with E-state index in [4.69, 9.17) is 4.74 Å². The van der Waals surface area contributed by atoms with E-state index >= 15 is 0 Å². The molecule has 4 aromatic carbocycles. The molecule has 0 radical (unpaired) electrons. The van der Waals surface area contributed by atoms with E-state index in [1.165, 1.54) is 0 Å². The average molecular weight is 680 g/mol. The van der Waals surface area contributed by atoms with Gasteiger partial charge in [-0.1, -0.05) is 78.1 Å². The number of aromatic amines is 1. The predicted molar refractivity (Wildman–Crippen MR) is 195 cm³/mol. The van der Waals surface area contributed by atoms with Crippen LogP contribution in [-0.4, -0.2) is 59.3 Å². The highest BCUT2D eigenvalue weighted by molar-refractivity contribution is 7.16. The van der Waals surface area contributed by atoms with E-state index in [9.17, 15) is 19.5 Å². The van der Waals surface area contributed by atoms with E-state index in [0.29, 0.717) is 37.3 Å². The summed E-state index contributed by atoms with van der Waals surface area (Å²) in [6, 6.07) is 27.1. The lowest BCUT2D eigenvalue weighted by Crippen LogP contribution is -2.39. The third-order valence-corrected chi connectivity index (χ3v) is 9.77. The van der Waals surface area contributed by atoms with Gasteiger partial charge in [-0.05, 0) is 73.2 Å². The Kier molecular flexibility index (Phi) is 11.0. The van der Waals surface area contributed by atoms with Crippen LogP contribution in [0.15, 0.2) is 89.7 Å². The fourth-order valence-corrected chi connectivity index (χ4v) is 7.07. The number of piperidine rings is 1. The van der Waals surface area contributed by atoms with Gasteiger partial charge < -0.3 is 30.4 Å². The van der Waals surface area contributed by atoms with Crippen LogP contribution in [0.25, 0.3) is 21.3 Å². The highest BCUT2D eigenvalue weighted by atomic mass is 32.1. The number of likely N-dealkylation sites (tertiary alicyclic amines) is 1. The summed E-state index contributed by atoms with van der Waals surface area (Å²) in [5, 5.41) is 19.4. The van der Waals surface area contributed by atoms with E-state index in [1.54, 1.807) is 6.07 Å². The number of hydrogen-bond donors (Lipinski definition) is 5. The molecule has 1 aliphatic rings. The third kappa shape index (κ3) is 8.94. The largest absolute Gasteiger partial charge is 0.506 e. The van der Waals surface area contributed by atoms with Crippen LogP contribution < -0.4 is 20.8 Å². The molecular formula is C38H41N5O5S. The van der Waals surface area contributed by atoms with E-state index < -0.39 is 6.09 Å². The molecule has 0 aliphatic carbocycles. The Morgan fingerprint density at radius 3 is 2.53 bits per heavy atom. The first-order chi connectivity index (χ1) is 23.8. The number of ether oxygens (including phenoxy) is 1. The van der Waals surface area contributed by atoms with Gasteiger partial charge in [0.05, 0.1) is 10.4 Å². The number of aryl methyl sites for hydroxylation is 1. The SMILES string of the molecule is Cc1cc(CNCCc2ccc(O)c3[nH]c(=O)sc23)ccc1NC(=O)CCN1CCC(OC(=O)Nc2ccccc2-c2ccccc2)CC1. The minimum Gasteiger partial charge on any atom is -0.506 e.